The Morgan fingerprint density at radius 3 is 3.05 bits per heavy atom. The Hall–Kier alpha value is -2.41. The fourth-order valence-electron chi connectivity index (χ4n) is 2.04. The lowest BCUT2D eigenvalue weighted by Gasteiger charge is -2.05. The lowest BCUT2D eigenvalue weighted by Crippen LogP contribution is -2.23. The molecule has 3 aromatic rings. The van der Waals surface area contributed by atoms with Crippen LogP contribution in [0.4, 0.5) is 5.82 Å². The van der Waals surface area contributed by atoms with Gasteiger partial charge in [0.25, 0.3) is 5.91 Å². The number of carbonyl (C=O) groups is 1. The first-order chi connectivity index (χ1) is 9.63. The highest BCUT2D eigenvalue weighted by Gasteiger charge is 2.19. The van der Waals surface area contributed by atoms with E-state index in [0.717, 1.165) is 0 Å². The molecule has 0 aliphatic carbocycles. The average molecular weight is 291 g/mol. The van der Waals surface area contributed by atoms with Crippen molar-refractivity contribution in [3.8, 4) is 0 Å². The van der Waals surface area contributed by atoms with Gasteiger partial charge in [0.1, 0.15) is 5.82 Å². The van der Waals surface area contributed by atoms with Crippen LogP contribution >= 0.6 is 11.6 Å². The van der Waals surface area contributed by atoms with E-state index in [4.69, 9.17) is 17.3 Å². The summed E-state index contributed by atoms with van der Waals surface area (Å²) in [6.45, 7) is 2.31. The maximum absolute atomic E-state index is 11.9. The Kier molecular flexibility index (Phi) is 2.90. The van der Waals surface area contributed by atoms with Crippen LogP contribution in [0.5, 0.6) is 0 Å². The zero-order valence-corrected chi connectivity index (χ0v) is 11.3. The summed E-state index contributed by atoms with van der Waals surface area (Å²) < 4.78 is 1.46. The number of nitrogen functional groups attached to an aromatic ring is 1. The maximum atomic E-state index is 11.9. The fraction of sp³-hybridized carbons (Fsp3) is 0.167. The van der Waals surface area contributed by atoms with Crippen molar-refractivity contribution in [3.05, 3.63) is 28.9 Å². The van der Waals surface area contributed by atoms with E-state index in [-0.39, 0.29) is 17.4 Å². The van der Waals surface area contributed by atoms with Crippen LogP contribution in [0.2, 0.25) is 5.02 Å². The number of nitrogens with two attached hydrogens (primary N) is 1. The Bertz CT molecular complexity index is 828. The van der Waals surface area contributed by atoms with Crippen LogP contribution in [0.15, 0.2) is 18.2 Å². The predicted octanol–water partition coefficient (Wildman–Crippen LogP) is 1.26. The van der Waals surface area contributed by atoms with E-state index >= 15 is 0 Å². The third-order valence-corrected chi connectivity index (χ3v) is 3.22. The van der Waals surface area contributed by atoms with Gasteiger partial charge in [-0.2, -0.15) is 4.52 Å². The van der Waals surface area contributed by atoms with Crippen LogP contribution in [0.3, 0.4) is 0 Å². The second-order valence-electron chi connectivity index (χ2n) is 4.16. The summed E-state index contributed by atoms with van der Waals surface area (Å²) in [7, 11) is 0. The summed E-state index contributed by atoms with van der Waals surface area (Å²) in [4.78, 5) is 16.1. The summed E-state index contributed by atoms with van der Waals surface area (Å²) in [6, 6.07) is 5.29. The quantitative estimate of drug-likeness (QED) is 0.740. The van der Waals surface area contributed by atoms with Gasteiger partial charge in [-0.25, -0.2) is 4.98 Å². The Morgan fingerprint density at radius 1 is 1.50 bits per heavy atom. The number of hydrogen-bond donors (Lipinski definition) is 2. The van der Waals surface area contributed by atoms with Crippen molar-refractivity contribution in [3.63, 3.8) is 0 Å². The van der Waals surface area contributed by atoms with Gasteiger partial charge in [0.05, 0.1) is 15.9 Å². The third-order valence-electron chi connectivity index (χ3n) is 2.90. The Balaban J connectivity index is 2.36. The van der Waals surface area contributed by atoms with E-state index < -0.39 is 0 Å². The van der Waals surface area contributed by atoms with Crippen LogP contribution in [-0.4, -0.2) is 32.3 Å². The zero-order valence-electron chi connectivity index (χ0n) is 10.6. The normalized spacial score (nSPS) is 11.1. The molecule has 1 amide bonds. The number of nitrogens with one attached hydrogen (secondary N) is 1. The zero-order chi connectivity index (χ0) is 14.3. The molecular weight excluding hydrogens is 280 g/mol. The second-order valence-corrected chi connectivity index (χ2v) is 4.57. The number of nitrogens with zero attached hydrogens (tertiary/aromatic N) is 4. The highest BCUT2D eigenvalue weighted by atomic mass is 35.5. The van der Waals surface area contributed by atoms with Crippen LogP contribution in [0.25, 0.3) is 16.6 Å². The van der Waals surface area contributed by atoms with Crippen molar-refractivity contribution in [2.75, 3.05) is 12.3 Å². The summed E-state index contributed by atoms with van der Waals surface area (Å²) in [5.74, 6) is -0.0956. The second kappa shape index (κ2) is 4.61. The van der Waals surface area contributed by atoms with Gasteiger partial charge in [-0.05, 0) is 19.1 Å². The molecule has 0 aliphatic heterocycles. The third kappa shape index (κ3) is 1.75. The van der Waals surface area contributed by atoms with E-state index in [9.17, 15) is 4.79 Å². The van der Waals surface area contributed by atoms with Crippen LogP contribution in [0.1, 0.15) is 17.4 Å². The maximum Gasteiger partial charge on any atom is 0.275 e. The topological polar surface area (TPSA) is 98.2 Å². The van der Waals surface area contributed by atoms with E-state index in [1.165, 1.54) is 4.52 Å². The number of aromatic nitrogens is 4. The van der Waals surface area contributed by atoms with E-state index in [0.29, 0.717) is 28.1 Å². The molecule has 1 aromatic carbocycles. The molecule has 2 heterocycles. The molecule has 0 spiro atoms. The minimum Gasteiger partial charge on any atom is -0.383 e. The fourth-order valence-corrected chi connectivity index (χ4v) is 2.31. The molecule has 0 aliphatic rings. The van der Waals surface area contributed by atoms with Crippen molar-refractivity contribution in [2.24, 2.45) is 0 Å². The molecule has 0 fully saturated rings. The number of carbonyl (C=O) groups excluding carboxylic acids is 1. The van der Waals surface area contributed by atoms with Crippen molar-refractivity contribution in [2.45, 2.75) is 6.92 Å². The van der Waals surface area contributed by atoms with Gasteiger partial charge < -0.3 is 11.1 Å². The molecule has 0 bridgehead atoms. The predicted molar refractivity (Wildman–Crippen MR) is 75.7 cm³/mol. The Labute approximate surface area is 118 Å². The van der Waals surface area contributed by atoms with Gasteiger partial charge in [0, 0.05) is 6.54 Å². The highest BCUT2D eigenvalue weighted by molar-refractivity contribution is 6.36. The SMILES string of the molecule is CCNC(=O)c1nnn2c1nc(N)c1c(Cl)cccc12. The lowest BCUT2D eigenvalue weighted by molar-refractivity contribution is 0.0952. The number of hydrogen-bond acceptors (Lipinski definition) is 5. The van der Waals surface area contributed by atoms with Crippen molar-refractivity contribution in [1.82, 2.24) is 25.1 Å². The number of halogens is 1. The molecule has 2 aromatic heterocycles. The van der Waals surface area contributed by atoms with Crippen molar-refractivity contribution >= 4 is 39.9 Å². The molecule has 0 unspecified atom stereocenters. The summed E-state index contributed by atoms with van der Waals surface area (Å²) in [5, 5.41) is 11.6. The van der Waals surface area contributed by atoms with Crippen molar-refractivity contribution in [1.29, 1.82) is 0 Å². The monoisotopic (exact) mass is 290 g/mol. The van der Waals surface area contributed by atoms with E-state index in [1.807, 2.05) is 6.92 Å². The van der Waals surface area contributed by atoms with Gasteiger partial charge in [0.15, 0.2) is 11.3 Å². The van der Waals surface area contributed by atoms with Crippen LogP contribution < -0.4 is 11.1 Å². The largest absolute Gasteiger partial charge is 0.383 e. The molecule has 3 rings (SSSR count). The molecule has 3 N–H and O–H groups in total. The number of anilines is 1. The molecule has 0 radical (unpaired) electrons. The lowest BCUT2D eigenvalue weighted by atomic mass is 10.2. The van der Waals surface area contributed by atoms with Crippen molar-refractivity contribution < 1.29 is 4.79 Å². The van der Waals surface area contributed by atoms with E-state index in [1.54, 1.807) is 18.2 Å². The smallest absolute Gasteiger partial charge is 0.275 e. The van der Waals surface area contributed by atoms with Gasteiger partial charge in [-0.1, -0.05) is 22.9 Å². The first-order valence-corrected chi connectivity index (χ1v) is 6.38. The van der Waals surface area contributed by atoms with Crippen LogP contribution in [0, 0.1) is 0 Å². The summed E-state index contributed by atoms with van der Waals surface area (Å²) >= 11 is 6.12. The molecular formula is C12H11ClN6O. The molecule has 0 atom stereocenters. The summed E-state index contributed by atoms with van der Waals surface area (Å²) in [6.07, 6.45) is 0. The average Bonchev–Trinajstić information content (AvgIpc) is 2.83. The number of fused-ring (bicyclic) bond motifs is 3. The van der Waals surface area contributed by atoms with Crippen LogP contribution in [-0.2, 0) is 0 Å². The molecule has 8 heteroatoms. The Morgan fingerprint density at radius 2 is 2.30 bits per heavy atom. The molecule has 0 saturated heterocycles. The summed E-state index contributed by atoms with van der Waals surface area (Å²) in [5.41, 5.74) is 7.03. The molecule has 20 heavy (non-hydrogen) atoms. The number of amides is 1. The molecule has 102 valence electrons. The van der Waals surface area contributed by atoms with Gasteiger partial charge >= 0.3 is 0 Å². The standard InChI is InChI=1S/C12H11ClN6O/c1-2-15-12(20)9-11-16-10(14)8-6(13)4-3-5-7(8)19(11)18-17-9/h3-5H,2H2,1H3,(H2,14,16)(H,15,20). The number of benzene rings is 1. The molecule has 7 nitrogen and oxygen atoms in total. The minimum absolute atomic E-state index is 0.139. The van der Waals surface area contributed by atoms with Gasteiger partial charge in [0.2, 0.25) is 0 Å². The first kappa shape index (κ1) is 12.6. The van der Waals surface area contributed by atoms with E-state index in [2.05, 4.69) is 20.6 Å². The molecule has 0 saturated carbocycles. The highest BCUT2D eigenvalue weighted by Crippen LogP contribution is 2.28. The van der Waals surface area contributed by atoms with Gasteiger partial charge in [-0.15, -0.1) is 5.10 Å². The number of rotatable bonds is 2. The van der Waals surface area contributed by atoms with Gasteiger partial charge in [-0.3, -0.25) is 4.79 Å². The first-order valence-electron chi connectivity index (χ1n) is 6.00. The minimum atomic E-state index is -0.337.